The van der Waals surface area contributed by atoms with Crippen molar-refractivity contribution in [2.24, 2.45) is 11.8 Å². The summed E-state index contributed by atoms with van der Waals surface area (Å²) in [5.41, 5.74) is 0. The number of amides is 1. The lowest BCUT2D eigenvalue weighted by molar-refractivity contribution is -0.149. The number of likely N-dealkylation sites (tertiary alicyclic amines) is 1. The Kier molecular flexibility index (Phi) is 4.36. The first-order valence-electron chi connectivity index (χ1n) is 7.31. The van der Waals surface area contributed by atoms with E-state index < -0.39 is 12.0 Å². The average molecular weight is 372 g/mol. The molecule has 1 saturated carbocycles. The summed E-state index contributed by atoms with van der Waals surface area (Å²) >= 11 is 5.03. The van der Waals surface area contributed by atoms with Crippen LogP contribution in [-0.2, 0) is 16.0 Å². The molecule has 2 heterocycles. The van der Waals surface area contributed by atoms with Crippen molar-refractivity contribution in [3.63, 3.8) is 0 Å². The predicted molar refractivity (Wildman–Crippen MR) is 84.3 cm³/mol. The largest absolute Gasteiger partial charge is 0.480 e. The Morgan fingerprint density at radius 3 is 2.90 bits per heavy atom. The molecule has 0 spiro atoms. The van der Waals surface area contributed by atoms with E-state index >= 15 is 0 Å². The third-order valence-electron chi connectivity index (χ3n) is 4.67. The molecule has 3 atom stereocenters. The van der Waals surface area contributed by atoms with E-state index in [-0.39, 0.29) is 11.8 Å². The van der Waals surface area contributed by atoms with E-state index in [4.69, 9.17) is 0 Å². The highest BCUT2D eigenvalue weighted by Crippen LogP contribution is 2.42. The van der Waals surface area contributed by atoms with Crippen molar-refractivity contribution in [3.05, 3.63) is 20.8 Å². The van der Waals surface area contributed by atoms with Crippen LogP contribution in [0.1, 0.15) is 30.6 Å². The molecule has 1 aromatic rings. The van der Waals surface area contributed by atoms with E-state index in [0.29, 0.717) is 25.3 Å². The Morgan fingerprint density at radius 2 is 2.24 bits per heavy atom. The molecule has 2 aliphatic rings. The molecule has 0 radical (unpaired) electrons. The monoisotopic (exact) mass is 371 g/mol. The van der Waals surface area contributed by atoms with Crippen LogP contribution in [0.15, 0.2) is 15.9 Å². The van der Waals surface area contributed by atoms with Gasteiger partial charge in [0.2, 0.25) is 5.91 Å². The molecule has 1 N–H and O–H groups in total. The maximum absolute atomic E-state index is 12.4. The second-order valence-electron chi connectivity index (χ2n) is 5.92. The number of hydrogen-bond donors (Lipinski definition) is 1. The molecule has 21 heavy (non-hydrogen) atoms. The smallest absolute Gasteiger partial charge is 0.326 e. The van der Waals surface area contributed by atoms with E-state index in [0.717, 1.165) is 28.6 Å². The summed E-state index contributed by atoms with van der Waals surface area (Å²) in [5.74, 6) is -0.286. The molecule has 0 bridgehead atoms. The van der Waals surface area contributed by atoms with Gasteiger partial charge in [-0.1, -0.05) is 6.42 Å². The van der Waals surface area contributed by atoms with Gasteiger partial charge in [-0.15, -0.1) is 11.3 Å². The molecule has 1 aliphatic carbocycles. The van der Waals surface area contributed by atoms with Crippen molar-refractivity contribution >= 4 is 39.1 Å². The Balaban J connectivity index is 1.64. The number of aryl methyl sites for hydroxylation is 1. The van der Waals surface area contributed by atoms with Gasteiger partial charge in [-0.05, 0) is 53.1 Å². The summed E-state index contributed by atoms with van der Waals surface area (Å²) in [5, 5.41) is 11.5. The van der Waals surface area contributed by atoms with Gasteiger partial charge in [0, 0.05) is 27.7 Å². The maximum atomic E-state index is 12.4. The van der Waals surface area contributed by atoms with E-state index in [1.54, 1.807) is 16.2 Å². The minimum Gasteiger partial charge on any atom is -0.480 e. The minimum atomic E-state index is -0.836. The van der Waals surface area contributed by atoms with Crippen LogP contribution in [0.4, 0.5) is 0 Å². The lowest BCUT2D eigenvalue weighted by Gasteiger charge is -2.24. The van der Waals surface area contributed by atoms with Crippen LogP contribution in [0.2, 0.25) is 0 Å². The van der Waals surface area contributed by atoms with Gasteiger partial charge in [0.1, 0.15) is 6.04 Å². The van der Waals surface area contributed by atoms with E-state index in [2.05, 4.69) is 15.9 Å². The minimum absolute atomic E-state index is 0.0127. The molecular formula is C15H18BrNO3S. The average Bonchev–Trinajstić information content (AvgIpc) is 3.09. The molecule has 3 rings (SSSR count). The van der Waals surface area contributed by atoms with Gasteiger partial charge in [-0.25, -0.2) is 4.79 Å². The molecule has 4 nitrogen and oxygen atoms in total. The third-order valence-corrected chi connectivity index (χ3v) is 6.43. The number of carboxylic acid groups (broad SMARTS) is 1. The fourth-order valence-corrected chi connectivity index (χ4v) is 5.19. The number of carboxylic acids is 1. The highest BCUT2D eigenvalue weighted by atomic mass is 79.9. The molecule has 114 valence electrons. The van der Waals surface area contributed by atoms with E-state index in [1.807, 2.05) is 11.4 Å². The van der Waals surface area contributed by atoms with Gasteiger partial charge in [0.05, 0.1) is 0 Å². The van der Waals surface area contributed by atoms with Crippen LogP contribution >= 0.6 is 27.3 Å². The molecule has 2 fully saturated rings. The molecule has 1 amide bonds. The number of fused-ring (bicyclic) bond motifs is 1. The number of carbonyl (C=O) groups is 2. The molecule has 1 saturated heterocycles. The first-order chi connectivity index (χ1) is 10.1. The van der Waals surface area contributed by atoms with Gasteiger partial charge in [0.15, 0.2) is 0 Å². The highest BCUT2D eigenvalue weighted by molar-refractivity contribution is 9.10. The van der Waals surface area contributed by atoms with Crippen molar-refractivity contribution in [2.45, 2.75) is 38.1 Å². The normalized spacial score (nSPS) is 27.9. The fraction of sp³-hybridized carbons (Fsp3) is 0.600. The van der Waals surface area contributed by atoms with Crippen molar-refractivity contribution < 1.29 is 14.7 Å². The molecular weight excluding hydrogens is 354 g/mol. The summed E-state index contributed by atoms with van der Waals surface area (Å²) in [6, 6.07) is 1.42. The second-order valence-corrected chi connectivity index (χ2v) is 7.83. The lowest BCUT2D eigenvalue weighted by atomic mass is 9.94. The zero-order valence-corrected chi connectivity index (χ0v) is 14.0. The van der Waals surface area contributed by atoms with Gasteiger partial charge in [-0.3, -0.25) is 4.79 Å². The zero-order chi connectivity index (χ0) is 15.0. The van der Waals surface area contributed by atoms with Crippen molar-refractivity contribution in [1.82, 2.24) is 4.90 Å². The van der Waals surface area contributed by atoms with Crippen molar-refractivity contribution in [3.8, 4) is 0 Å². The Labute approximate surface area is 136 Å². The summed E-state index contributed by atoms with van der Waals surface area (Å²) in [6.07, 6.45) is 4.20. The van der Waals surface area contributed by atoms with Crippen LogP contribution in [0.5, 0.6) is 0 Å². The molecule has 1 aliphatic heterocycles. The molecule has 0 aromatic carbocycles. The predicted octanol–water partition coefficient (Wildman–Crippen LogP) is 3.15. The number of carbonyl (C=O) groups excluding carboxylic acids is 1. The molecule has 6 heteroatoms. The van der Waals surface area contributed by atoms with Crippen LogP contribution in [-0.4, -0.2) is 34.5 Å². The summed E-state index contributed by atoms with van der Waals surface area (Å²) in [6.45, 7) is 0.634. The van der Waals surface area contributed by atoms with Crippen LogP contribution in [0, 0.1) is 11.8 Å². The Morgan fingerprint density at radius 1 is 1.43 bits per heavy atom. The van der Waals surface area contributed by atoms with E-state index in [1.165, 1.54) is 0 Å². The van der Waals surface area contributed by atoms with Crippen LogP contribution in [0.25, 0.3) is 0 Å². The number of nitrogens with zero attached hydrogens (tertiary/aromatic N) is 1. The quantitative estimate of drug-likeness (QED) is 0.884. The lowest BCUT2D eigenvalue weighted by Crippen LogP contribution is -2.43. The summed E-state index contributed by atoms with van der Waals surface area (Å²) in [7, 11) is 0. The number of aliphatic carboxylic acids is 1. The summed E-state index contributed by atoms with van der Waals surface area (Å²) < 4.78 is 1.04. The fourth-order valence-electron chi connectivity index (χ4n) is 3.74. The van der Waals surface area contributed by atoms with Crippen molar-refractivity contribution in [1.29, 1.82) is 0 Å². The van der Waals surface area contributed by atoms with Gasteiger partial charge in [-0.2, -0.15) is 0 Å². The first kappa shape index (κ1) is 15.0. The highest BCUT2D eigenvalue weighted by Gasteiger charge is 2.49. The van der Waals surface area contributed by atoms with Crippen LogP contribution < -0.4 is 0 Å². The van der Waals surface area contributed by atoms with E-state index in [9.17, 15) is 14.7 Å². The second kappa shape index (κ2) is 6.08. The first-order valence-corrected chi connectivity index (χ1v) is 8.98. The maximum Gasteiger partial charge on any atom is 0.326 e. The SMILES string of the molecule is O=C(O)C1C2CCCC2CN1C(=O)CCc1cc(Br)cs1. The van der Waals surface area contributed by atoms with Crippen molar-refractivity contribution in [2.75, 3.05) is 6.54 Å². The standard InChI is InChI=1S/C15H18BrNO3S/c16-10-6-11(21-8-10)4-5-13(18)17-7-9-2-1-3-12(9)14(17)15(19)20/h6,8-9,12,14H,1-5,7H2,(H,19,20). The Bertz CT molecular complexity index is 559. The van der Waals surface area contributed by atoms with Gasteiger partial charge < -0.3 is 10.0 Å². The number of thiophene rings is 1. The number of hydrogen-bond acceptors (Lipinski definition) is 3. The topological polar surface area (TPSA) is 57.6 Å². The molecule has 1 aromatic heterocycles. The number of halogens is 1. The third kappa shape index (κ3) is 3.01. The Hall–Kier alpha value is -0.880. The van der Waals surface area contributed by atoms with Gasteiger partial charge in [0.25, 0.3) is 0 Å². The number of rotatable bonds is 4. The van der Waals surface area contributed by atoms with Crippen LogP contribution in [0.3, 0.4) is 0 Å². The summed E-state index contributed by atoms with van der Waals surface area (Å²) in [4.78, 5) is 26.7. The molecule has 3 unspecified atom stereocenters. The zero-order valence-electron chi connectivity index (χ0n) is 11.6. The van der Waals surface area contributed by atoms with Gasteiger partial charge >= 0.3 is 5.97 Å².